The van der Waals surface area contributed by atoms with Crippen LogP contribution in [-0.4, -0.2) is 25.2 Å². The van der Waals surface area contributed by atoms with E-state index in [0.29, 0.717) is 6.42 Å². The molecule has 0 aliphatic carbocycles. The fourth-order valence-electron chi connectivity index (χ4n) is 1.82. The van der Waals surface area contributed by atoms with Gasteiger partial charge >= 0.3 is 11.9 Å². The van der Waals surface area contributed by atoms with Crippen LogP contribution in [0, 0.1) is 5.92 Å². The number of unbranched alkanes of at least 4 members (excludes halogenated alkanes) is 1. The first-order valence-electron chi connectivity index (χ1n) is 5.57. The van der Waals surface area contributed by atoms with Crippen molar-refractivity contribution >= 4 is 11.9 Å². The molecule has 0 unspecified atom stereocenters. The molecule has 1 aliphatic heterocycles. The first kappa shape index (κ1) is 12.7. The second-order valence-electron chi connectivity index (χ2n) is 4.01. The Balaban J connectivity index is 2.54. The summed E-state index contributed by atoms with van der Waals surface area (Å²) in [5, 5.41) is 0. The fraction of sp³-hybridized carbons (Fsp3) is 0.667. The topological polar surface area (TPSA) is 52.6 Å². The van der Waals surface area contributed by atoms with Crippen LogP contribution in [0.4, 0.5) is 0 Å². The van der Waals surface area contributed by atoms with Gasteiger partial charge in [-0.1, -0.05) is 26.3 Å². The monoisotopic (exact) mass is 226 g/mol. The maximum absolute atomic E-state index is 11.5. The fourth-order valence-corrected chi connectivity index (χ4v) is 1.82. The van der Waals surface area contributed by atoms with Crippen LogP contribution in [0.5, 0.6) is 0 Å². The van der Waals surface area contributed by atoms with E-state index in [4.69, 9.17) is 4.74 Å². The lowest BCUT2D eigenvalue weighted by Crippen LogP contribution is -2.17. The van der Waals surface area contributed by atoms with Gasteiger partial charge in [0.25, 0.3) is 0 Å². The average Bonchev–Trinajstić information content (AvgIpc) is 2.65. The maximum Gasteiger partial charge on any atom is 0.334 e. The van der Waals surface area contributed by atoms with Crippen molar-refractivity contribution in [3.63, 3.8) is 0 Å². The van der Waals surface area contributed by atoms with Crippen LogP contribution in [0.3, 0.4) is 0 Å². The van der Waals surface area contributed by atoms with E-state index in [1.54, 1.807) is 0 Å². The molecule has 0 amide bonds. The highest BCUT2D eigenvalue weighted by Gasteiger charge is 2.38. The van der Waals surface area contributed by atoms with Gasteiger partial charge < -0.3 is 9.47 Å². The van der Waals surface area contributed by atoms with E-state index < -0.39 is 11.9 Å². The number of hydrogen-bond acceptors (Lipinski definition) is 4. The molecule has 0 bridgehead atoms. The van der Waals surface area contributed by atoms with Gasteiger partial charge in [0.15, 0.2) is 0 Å². The van der Waals surface area contributed by atoms with E-state index in [1.165, 1.54) is 7.11 Å². The Morgan fingerprint density at radius 2 is 2.31 bits per heavy atom. The van der Waals surface area contributed by atoms with E-state index in [9.17, 15) is 9.59 Å². The molecule has 1 aliphatic rings. The molecule has 0 radical (unpaired) electrons. The van der Waals surface area contributed by atoms with Crippen molar-refractivity contribution < 1.29 is 19.1 Å². The molecule has 0 N–H and O–H groups in total. The largest absolute Gasteiger partial charge is 0.466 e. The SMILES string of the molecule is C=C(C(=O)OC)[C@@H]1C[C@H](CCCC)OC1=O. The van der Waals surface area contributed by atoms with Gasteiger partial charge in [-0.05, 0) is 6.42 Å². The van der Waals surface area contributed by atoms with E-state index in [1.807, 2.05) is 0 Å². The van der Waals surface area contributed by atoms with Crippen molar-refractivity contribution in [1.29, 1.82) is 0 Å². The summed E-state index contributed by atoms with van der Waals surface area (Å²) in [5.74, 6) is -1.40. The Morgan fingerprint density at radius 3 is 2.88 bits per heavy atom. The number of hydrogen-bond donors (Lipinski definition) is 0. The summed E-state index contributed by atoms with van der Waals surface area (Å²) >= 11 is 0. The molecule has 2 atom stereocenters. The minimum atomic E-state index is -0.530. The zero-order valence-electron chi connectivity index (χ0n) is 9.82. The van der Waals surface area contributed by atoms with Crippen LogP contribution in [0.1, 0.15) is 32.6 Å². The van der Waals surface area contributed by atoms with Gasteiger partial charge in [-0.15, -0.1) is 0 Å². The molecular weight excluding hydrogens is 208 g/mol. The molecule has 90 valence electrons. The smallest absolute Gasteiger partial charge is 0.334 e. The van der Waals surface area contributed by atoms with Crippen molar-refractivity contribution in [2.24, 2.45) is 5.92 Å². The lowest BCUT2D eigenvalue weighted by atomic mass is 9.95. The van der Waals surface area contributed by atoms with Crippen molar-refractivity contribution in [2.45, 2.75) is 38.7 Å². The summed E-state index contributed by atoms with van der Waals surface area (Å²) in [6, 6.07) is 0. The molecule has 1 rings (SSSR count). The van der Waals surface area contributed by atoms with Crippen molar-refractivity contribution in [3.8, 4) is 0 Å². The summed E-state index contributed by atoms with van der Waals surface area (Å²) in [6.07, 6.45) is 3.42. The normalized spacial score (nSPS) is 24.0. The first-order valence-corrected chi connectivity index (χ1v) is 5.57. The summed E-state index contributed by atoms with van der Waals surface area (Å²) in [4.78, 5) is 22.8. The molecule has 1 saturated heterocycles. The highest BCUT2D eigenvalue weighted by Crippen LogP contribution is 2.29. The highest BCUT2D eigenvalue weighted by atomic mass is 16.6. The summed E-state index contributed by atoms with van der Waals surface area (Å²) in [7, 11) is 1.28. The molecule has 0 saturated carbocycles. The quantitative estimate of drug-likeness (QED) is 0.530. The number of ether oxygens (including phenoxy) is 2. The second-order valence-corrected chi connectivity index (χ2v) is 4.01. The van der Waals surface area contributed by atoms with E-state index in [0.717, 1.165) is 19.3 Å². The number of esters is 2. The van der Waals surface area contributed by atoms with E-state index in [-0.39, 0.29) is 17.6 Å². The maximum atomic E-state index is 11.5. The lowest BCUT2D eigenvalue weighted by molar-refractivity contribution is -0.146. The summed E-state index contributed by atoms with van der Waals surface area (Å²) < 4.78 is 9.73. The van der Waals surface area contributed by atoms with Crippen LogP contribution in [0.25, 0.3) is 0 Å². The van der Waals surface area contributed by atoms with Crippen LogP contribution >= 0.6 is 0 Å². The Labute approximate surface area is 95.6 Å². The number of carbonyl (C=O) groups excluding carboxylic acids is 2. The first-order chi connectivity index (χ1) is 7.60. The standard InChI is InChI=1S/C12H18O4/c1-4-5-6-9-7-10(12(14)16-9)8(2)11(13)15-3/h9-10H,2,4-7H2,1,3H3/t9-,10-/m0/s1. The third kappa shape index (κ3) is 2.84. The number of cyclic esters (lactones) is 1. The van der Waals surface area contributed by atoms with Gasteiger partial charge in [0.2, 0.25) is 0 Å². The molecule has 1 fully saturated rings. The van der Waals surface area contributed by atoms with Crippen LogP contribution in [-0.2, 0) is 19.1 Å². The van der Waals surface area contributed by atoms with Gasteiger partial charge in [0, 0.05) is 12.0 Å². The molecule has 0 aromatic rings. The minimum Gasteiger partial charge on any atom is -0.466 e. The molecule has 1 heterocycles. The van der Waals surface area contributed by atoms with Crippen LogP contribution in [0.15, 0.2) is 12.2 Å². The minimum absolute atomic E-state index is 0.0705. The Bertz CT molecular complexity index is 295. The molecular formula is C12H18O4. The number of methoxy groups -OCH3 is 1. The molecule has 0 spiro atoms. The summed E-state index contributed by atoms with van der Waals surface area (Å²) in [6.45, 7) is 5.68. The third-order valence-corrected chi connectivity index (χ3v) is 2.81. The van der Waals surface area contributed by atoms with Crippen molar-refractivity contribution in [3.05, 3.63) is 12.2 Å². The Kier molecular flexibility index (Phi) is 4.52. The lowest BCUT2D eigenvalue weighted by Gasteiger charge is -2.07. The van der Waals surface area contributed by atoms with Crippen LogP contribution < -0.4 is 0 Å². The van der Waals surface area contributed by atoms with Crippen molar-refractivity contribution in [1.82, 2.24) is 0 Å². The number of rotatable bonds is 5. The third-order valence-electron chi connectivity index (χ3n) is 2.81. The predicted octanol–water partition coefficient (Wildman–Crippen LogP) is 1.84. The van der Waals surface area contributed by atoms with Crippen LogP contribution in [0.2, 0.25) is 0 Å². The van der Waals surface area contributed by atoms with E-state index in [2.05, 4.69) is 18.2 Å². The van der Waals surface area contributed by atoms with E-state index >= 15 is 0 Å². The molecule has 4 nitrogen and oxygen atoms in total. The Morgan fingerprint density at radius 1 is 1.62 bits per heavy atom. The molecule has 0 aromatic heterocycles. The second kappa shape index (κ2) is 5.68. The summed E-state index contributed by atoms with van der Waals surface area (Å²) in [5.41, 5.74) is 0.200. The zero-order valence-corrected chi connectivity index (χ0v) is 9.82. The molecule has 16 heavy (non-hydrogen) atoms. The predicted molar refractivity (Wildman–Crippen MR) is 58.7 cm³/mol. The number of carbonyl (C=O) groups is 2. The Hall–Kier alpha value is -1.32. The van der Waals surface area contributed by atoms with Gasteiger partial charge in [-0.3, -0.25) is 4.79 Å². The van der Waals surface area contributed by atoms with Gasteiger partial charge in [-0.25, -0.2) is 4.79 Å². The average molecular weight is 226 g/mol. The van der Waals surface area contributed by atoms with Gasteiger partial charge in [-0.2, -0.15) is 0 Å². The van der Waals surface area contributed by atoms with Crippen molar-refractivity contribution in [2.75, 3.05) is 7.11 Å². The molecule has 4 heteroatoms. The van der Waals surface area contributed by atoms with Gasteiger partial charge in [0.1, 0.15) is 6.10 Å². The molecule has 0 aromatic carbocycles. The highest BCUT2D eigenvalue weighted by molar-refractivity contribution is 5.95. The zero-order chi connectivity index (χ0) is 12.1. The van der Waals surface area contributed by atoms with Gasteiger partial charge in [0.05, 0.1) is 13.0 Å².